The van der Waals surface area contributed by atoms with Crippen LogP contribution in [0.4, 0.5) is 5.00 Å². The van der Waals surface area contributed by atoms with Gasteiger partial charge in [0.15, 0.2) is 11.0 Å². The van der Waals surface area contributed by atoms with Crippen molar-refractivity contribution in [1.29, 1.82) is 0 Å². The summed E-state index contributed by atoms with van der Waals surface area (Å²) >= 11 is 6.01. The fourth-order valence-electron chi connectivity index (χ4n) is 2.60. The maximum Gasteiger partial charge on any atom is 0.341 e. The van der Waals surface area contributed by atoms with Crippen LogP contribution in [0, 0.1) is 12.8 Å². The van der Waals surface area contributed by atoms with Crippen LogP contribution in [-0.2, 0) is 14.3 Å². The highest BCUT2D eigenvalue weighted by atomic mass is 32.1. The van der Waals surface area contributed by atoms with Crippen molar-refractivity contribution in [2.24, 2.45) is 10.9 Å². The molecule has 0 atom stereocenters. The van der Waals surface area contributed by atoms with Crippen LogP contribution in [0.25, 0.3) is 11.1 Å². The van der Waals surface area contributed by atoms with Crippen LogP contribution in [0.3, 0.4) is 0 Å². The van der Waals surface area contributed by atoms with E-state index in [4.69, 9.17) is 17.0 Å². The van der Waals surface area contributed by atoms with Gasteiger partial charge in [0.2, 0.25) is 11.8 Å². The number of thiocarbonyl (C=S) groups is 1. The Bertz CT molecular complexity index is 960. The predicted molar refractivity (Wildman–Crippen MR) is 111 cm³/mol. The first kappa shape index (κ1) is 19.8. The molecule has 1 aromatic heterocycles. The first-order valence-corrected chi connectivity index (χ1v) is 9.75. The number of nitrogens with one attached hydrogen (secondary N) is 2. The van der Waals surface area contributed by atoms with Gasteiger partial charge >= 0.3 is 5.97 Å². The summed E-state index contributed by atoms with van der Waals surface area (Å²) in [6, 6.07) is 7.72. The maximum atomic E-state index is 12.5. The van der Waals surface area contributed by atoms with E-state index in [0.29, 0.717) is 16.1 Å². The summed E-state index contributed by atoms with van der Waals surface area (Å²) in [5.74, 6) is -2.77. The molecule has 0 radical (unpaired) electrons. The fraction of sp³-hybridized carbons (Fsp3) is 0.211. The van der Waals surface area contributed by atoms with Crippen molar-refractivity contribution in [2.45, 2.75) is 13.8 Å². The molecule has 0 aliphatic carbocycles. The van der Waals surface area contributed by atoms with Crippen LogP contribution in [0.1, 0.15) is 22.8 Å². The van der Waals surface area contributed by atoms with Crippen LogP contribution < -0.4 is 10.6 Å². The molecule has 2 aromatic rings. The van der Waals surface area contributed by atoms with E-state index >= 15 is 0 Å². The average molecular weight is 415 g/mol. The summed E-state index contributed by atoms with van der Waals surface area (Å²) in [4.78, 5) is 40.8. The van der Waals surface area contributed by atoms with Crippen LogP contribution in [0.15, 0.2) is 34.6 Å². The first-order chi connectivity index (χ1) is 13.4. The summed E-state index contributed by atoms with van der Waals surface area (Å²) in [5, 5.41) is 6.87. The second-order valence-corrected chi connectivity index (χ2v) is 7.25. The minimum absolute atomic E-state index is 0.0374. The van der Waals surface area contributed by atoms with Gasteiger partial charge in [-0.3, -0.25) is 9.59 Å². The van der Waals surface area contributed by atoms with E-state index in [1.54, 1.807) is 12.3 Å². The number of benzene rings is 1. The Kier molecular flexibility index (Phi) is 5.96. The molecular weight excluding hydrogens is 398 g/mol. The van der Waals surface area contributed by atoms with Gasteiger partial charge in [0, 0.05) is 17.2 Å². The Hall–Kier alpha value is -2.91. The van der Waals surface area contributed by atoms with Crippen molar-refractivity contribution < 1.29 is 19.1 Å². The molecule has 28 heavy (non-hydrogen) atoms. The molecule has 0 bridgehead atoms. The van der Waals surface area contributed by atoms with Crippen molar-refractivity contribution >= 4 is 57.7 Å². The second-order valence-electron chi connectivity index (χ2n) is 5.98. The summed E-state index contributed by atoms with van der Waals surface area (Å²) in [7, 11) is 0. The molecule has 0 unspecified atom stereocenters. The Balaban J connectivity index is 1.97. The molecule has 2 N–H and O–H groups in total. The number of hydrogen-bond acceptors (Lipinski definition) is 7. The lowest BCUT2D eigenvalue weighted by atomic mass is 10.0. The van der Waals surface area contributed by atoms with Crippen LogP contribution >= 0.6 is 23.6 Å². The molecule has 2 amide bonds. The number of aryl methyl sites for hydroxylation is 1. The third-order valence-electron chi connectivity index (χ3n) is 3.99. The number of esters is 1. The molecule has 3 rings (SSSR count). The molecule has 0 saturated carbocycles. The average Bonchev–Trinajstić information content (AvgIpc) is 3.05. The van der Waals surface area contributed by atoms with Crippen molar-refractivity contribution in [1.82, 2.24) is 10.6 Å². The van der Waals surface area contributed by atoms with Gasteiger partial charge in [-0.05, 0) is 31.6 Å². The van der Waals surface area contributed by atoms with Gasteiger partial charge < -0.3 is 15.4 Å². The number of hydrogen-bond donors (Lipinski definition) is 2. The van der Waals surface area contributed by atoms with Gasteiger partial charge in [0.25, 0.3) is 0 Å². The maximum absolute atomic E-state index is 12.5. The van der Waals surface area contributed by atoms with Gasteiger partial charge in [-0.2, -0.15) is 0 Å². The quantitative estimate of drug-likeness (QED) is 0.339. The van der Waals surface area contributed by atoms with Gasteiger partial charge in [-0.1, -0.05) is 29.8 Å². The first-order valence-electron chi connectivity index (χ1n) is 8.46. The molecule has 7 nitrogen and oxygen atoms in total. The largest absolute Gasteiger partial charge is 0.462 e. The smallest absolute Gasteiger partial charge is 0.341 e. The van der Waals surface area contributed by atoms with Crippen molar-refractivity contribution in [3.8, 4) is 11.1 Å². The molecule has 9 heteroatoms. The Labute approximate surface area is 170 Å². The lowest BCUT2D eigenvalue weighted by molar-refractivity contribution is -0.131. The highest BCUT2D eigenvalue weighted by Gasteiger charge is 2.31. The fourth-order valence-corrected chi connectivity index (χ4v) is 3.71. The number of thiophene rings is 1. The van der Waals surface area contributed by atoms with Gasteiger partial charge in [-0.25, -0.2) is 9.79 Å². The monoisotopic (exact) mass is 415 g/mol. The molecule has 1 aliphatic heterocycles. The Morgan fingerprint density at radius 2 is 1.89 bits per heavy atom. The predicted octanol–water partition coefficient (Wildman–Crippen LogP) is 2.75. The number of carbonyl (C=O) groups is 3. The summed E-state index contributed by atoms with van der Waals surface area (Å²) < 4.78 is 5.18. The molecule has 2 heterocycles. The SMILES string of the molecule is CCOC(=O)c1c(-c2ccc(C)cc2)csc1N=CC1C(=O)NC(=S)NC1=O. The minimum Gasteiger partial charge on any atom is -0.462 e. The summed E-state index contributed by atoms with van der Waals surface area (Å²) in [6.45, 7) is 3.92. The lowest BCUT2D eigenvalue weighted by Gasteiger charge is -2.19. The van der Waals surface area contributed by atoms with E-state index in [0.717, 1.165) is 11.1 Å². The number of aliphatic imine (C=N–C) groups is 1. The number of rotatable bonds is 5. The van der Waals surface area contributed by atoms with Crippen LogP contribution in [-0.4, -0.2) is 35.7 Å². The number of nitrogens with zero attached hydrogens (tertiary/aromatic N) is 1. The highest BCUT2D eigenvalue weighted by Crippen LogP contribution is 2.38. The third-order valence-corrected chi connectivity index (χ3v) is 5.08. The zero-order chi connectivity index (χ0) is 20.3. The zero-order valence-corrected chi connectivity index (χ0v) is 16.8. The van der Waals surface area contributed by atoms with E-state index in [-0.39, 0.29) is 11.7 Å². The lowest BCUT2D eigenvalue weighted by Crippen LogP contribution is -2.56. The Morgan fingerprint density at radius 3 is 2.50 bits per heavy atom. The van der Waals surface area contributed by atoms with E-state index in [9.17, 15) is 14.4 Å². The minimum atomic E-state index is -1.13. The highest BCUT2D eigenvalue weighted by molar-refractivity contribution is 7.80. The van der Waals surface area contributed by atoms with Crippen molar-refractivity contribution in [2.75, 3.05) is 6.61 Å². The van der Waals surface area contributed by atoms with E-state index in [1.165, 1.54) is 17.6 Å². The molecular formula is C19H17N3O4S2. The number of amides is 2. The topological polar surface area (TPSA) is 96.9 Å². The molecule has 144 valence electrons. The van der Waals surface area contributed by atoms with Crippen molar-refractivity contribution in [3.05, 3.63) is 40.8 Å². The molecule has 1 aliphatic rings. The van der Waals surface area contributed by atoms with Gasteiger partial charge in [0.1, 0.15) is 10.6 Å². The van der Waals surface area contributed by atoms with Gasteiger partial charge in [0.05, 0.1) is 6.61 Å². The second kappa shape index (κ2) is 8.41. The van der Waals surface area contributed by atoms with Gasteiger partial charge in [-0.15, -0.1) is 11.3 Å². The molecule has 1 fully saturated rings. The van der Waals surface area contributed by atoms with Crippen LogP contribution in [0.2, 0.25) is 0 Å². The molecule has 1 aromatic carbocycles. The van der Waals surface area contributed by atoms with E-state index in [2.05, 4.69) is 15.6 Å². The number of carbonyl (C=O) groups excluding carboxylic acids is 3. The third kappa shape index (κ3) is 4.15. The van der Waals surface area contributed by atoms with E-state index in [1.807, 2.05) is 31.2 Å². The zero-order valence-electron chi connectivity index (χ0n) is 15.1. The normalized spacial score (nSPS) is 14.9. The Morgan fingerprint density at radius 1 is 1.25 bits per heavy atom. The van der Waals surface area contributed by atoms with E-state index < -0.39 is 23.7 Å². The van der Waals surface area contributed by atoms with Crippen LogP contribution in [0.5, 0.6) is 0 Å². The summed E-state index contributed by atoms with van der Waals surface area (Å²) in [6.07, 6.45) is 1.21. The molecule has 0 spiro atoms. The molecule has 1 saturated heterocycles. The summed E-state index contributed by atoms with van der Waals surface area (Å²) in [5.41, 5.74) is 2.94. The van der Waals surface area contributed by atoms with Crippen molar-refractivity contribution in [3.63, 3.8) is 0 Å². The number of ether oxygens (including phenoxy) is 1. The standard InChI is InChI=1S/C19H17N3O4S2/c1-3-26-18(25)14-13(11-6-4-10(2)5-7-11)9-28-17(14)20-8-12-15(23)21-19(27)22-16(12)24/h4-9,12H,3H2,1-2H3,(H2,21,22,23,24,27).